The van der Waals surface area contributed by atoms with Gasteiger partial charge in [-0.1, -0.05) is 99.1 Å². The first-order valence-electron chi connectivity index (χ1n) is 16.7. The molecule has 0 saturated carbocycles. The van der Waals surface area contributed by atoms with Gasteiger partial charge in [-0.25, -0.2) is 4.39 Å². The number of hydrogen-bond acceptors (Lipinski definition) is 5. The lowest BCUT2D eigenvalue weighted by Gasteiger charge is -2.48. The molecule has 1 heterocycles. The molecular formula is C40H49FO5Si. The van der Waals surface area contributed by atoms with E-state index in [9.17, 15) is 4.39 Å². The van der Waals surface area contributed by atoms with Crippen molar-refractivity contribution in [2.24, 2.45) is 5.92 Å². The first-order valence-corrected chi connectivity index (χ1v) is 18.6. The van der Waals surface area contributed by atoms with Crippen LogP contribution in [-0.4, -0.2) is 47.6 Å². The topological polar surface area (TPSA) is 46.2 Å². The Morgan fingerprint density at radius 1 is 0.851 bits per heavy atom. The van der Waals surface area contributed by atoms with Crippen molar-refractivity contribution in [1.82, 2.24) is 0 Å². The third-order valence-electron chi connectivity index (χ3n) is 9.08. The third kappa shape index (κ3) is 8.15. The molecule has 1 saturated heterocycles. The molecule has 0 radical (unpaired) electrons. The van der Waals surface area contributed by atoms with Gasteiger partial charge in [0.2, 0.25) is 0 Å². The van der Waals surface area contributed by atoms with Crippen molar-refractivity contribution in [3.8, 4) is 11.5 Å². The standard InChI is InChI=1S/C40H49FO5Si/c1-29-26-30(2)38(31(27-29)14-13-24-43-33-21-19-32(41)20-22-33)45-28-36-37(23-25-44-39(36)42-6)46-47(40(3,4)5,34-15-9-7-10-16-34)35-17-11-8-12-18-35/h7-12,15-22,26-27,36-37,39H,13-14,23-25,28H2,1-6H3/t36-,37+,39-/m0/s1. The lowest BCUT2D eigenvalue weighted by atomic mass is 9.97. The van der Waals surface area contributed by atoms with Gasteiger partial charge in [0, 0.05) is 7.11 Å². The van der Waals surface area contributed by atoms with Gasteiger partial charge in [-0.3, -0.25) is 0 Å². The second-order valence-electron chi connectivity index (χ2n) is 13.5. The maximum Gasteiger partial charge on any atom is 0.261 e. The summed E-state index contributed by atoms with van der Waals surface area (Å²) in [6, 6.07) is 32.0. The highest BCUT2D eigenvalue weighted by atomic mass is 28.4. The van der Waals surface area contributed by atoms with Gasteiger partial charge in [0.15, 0.2) is 6.29 Å². The minimum Gasteiger partial charge on any atom is -0.494 e. The number of rotatable bonds is 13. The zero-order valence-electron chi connectivity index (χ0n) is 28.6. The van der Waals surface area contributed by atoms with Crippen LogP contribution in [0.15, 0.2) is 97.1 Å². The van der Waals surface area contributed by atoms with E-state index in [0.29, 0.717) is 25.6 Å². The molecule has 1 aliphatic heterocycles. The molecule has 3 atom stereocenters. The van der Waals surface area contributed by atoms with Crippen LogP contribution in [0.25, 0.3) is 0 Å². The van der Waals surface area contributed by atoms with E-state index in [2.05, 4.69) is 107 Å². The van der Waals surface area contributed by atoms with E-state index in [1.165, 1.54) is 28.1 Å². The molecule has 7 heteroatoms. The van der Waals surface area contributed by atoms with E-state index < -0.39 is 14.6 Å². The lowest BCUT2D eigenvalue weighted by molar-refractivity contribution is -0.210. The Kier molecular flexibility index (Phi) is 11.6. The van der Waals surface area contributed by atoms with Crippen LogP contribution in [0.4, 0.5) is 4.39 Å². The van der Waals surface area contributed by atoms with Crippen molar-refractivity contribution < 1.29 is 27.8 Å². The number of methoxy groups -OCH3 is 1. The molecule has 47 heavy (non-hydrogen) atoms. The fraction of sp³-hybridized carbons (Fsp3) is 0.400. The summed E-state index contributed by atoms with van der Waals surface area (Å²) in [5.74, 6) is 1.14. The van der Waals surface area contributed by atoms with Crippen molar-refractivity contribution in [2.75, 3.05) is 26.9 Å². The molecular weight excluding hydrogens is 608 g/mol. The summed E-state index contributed by atoms with van der Waals surface area (Å²) in [7, 11) is -1.11. The fourth-order valence-electron chi connectivity index (χ4n) is 6.90. The van der Waals surface area contributed by atoms with Gasteiger partial charge >= 0.3 is 0 Å². The lowest BCUT2D eigenvalue weighted by Crippen LogP contribution is -2.69. The first-order chi connectivity index (χ1) is 22.6. The van der Waals surface area contributed by atoms with E-state index in [4.69, 9.17) is 23.4 Å². The minimum absolute atomic E-state index is 0.140. The Labute approximate surface area is 281 Å². The molecule has 5 rings (SSSR count). The number of ether oxygens (including phenoxy) is 4. The minimum atomic E-state index is -2.81. The summed E-state index contributed by atoms with van der Waals surface area (Å²) in [6.45, 7) is 12.6. The summed E-state index contributed by atoms with van der Waals surface area (Å²) in [6.07, 6.45) is 1.74. The van der Waals surface area contributed by atoms with Crippen molar-refractivity contribution in [1.29, 1.82) is 0 Å². The van der Waals surface area contributed by atoms with Crippen LogP contribution in [0.2, 0.25) is 5.04 Å². The molecule has 4 aromatic rings. The Hall–Kier alpha value is -3.49. The van der Waals surface area contributed by atoms with Gasteiger partial charge in [-0.2, -0.15) is 0 Å². The van der Waals surface area contributed by atoms with E-state index in [1.807, 2.05) is 0 Å². The molecule has 0 unspecified atom stereocenters. The van der Waals surface area contributed by atoms with Gasteiger partial charge in [-0.05, 0) is 83.9 Å². The predicted molar refractivity (Wildman–Crippen MR) is 189 cm³/mol. The van der Waals surface area contributed by atoms with E-state index in [-0.39, 0.29) is 22.9 Å². The monoisotopic (exact) mass is 656 g/mol. The van der Waals surface area contributed by atoms with Crippen LogP contribution in [0, 0.1) is 25.6 Å². The first kappa shape index (κ1) is 34.8. The van der Waals surface area contributed by atoms with Gasteiger partial charge in [-0.15, -0.1) is 0 Å². The Morgan fingerprint density at radius 3 is 2.09 bits per heavy atom. The summed E-state index contributed by atoms with van der Waals surface area (Å²) >= 11 is 0. The highest BCUT2D eigenvalue weighted by Gasteiger charge is 2.53. The van der Waals surface area contributed by atoms with Gasteiger partial charge in [0.25, 0.3) is 8.32 Å². The molecule has 0 N–H and O–H groups in total. The molecule has 0 amide bonds. The second-order valence-corrected chi connectivity index (χ2v) is 17.8. The summed E-state index contributed by atoms with van der Waals surface area (Å²) < 4.78 is 45.6. The number of halogens is 1. The average molecular weight is 657 g/mol. The van der Waals surface area contributed by atoms with Crippen molar-refractivity contribution in [3.63, 3.8) is 0 Å². The van der Waals surface area contributed by atoms with E-state index in [0.717, 1.165) is 36.1 Å². The van der Waals surface area contributed by atoms with Gasteiger partial charge in [0.05, 0.1) is 31.8 Å². The van der Waals surface area contributed by atoms with Crippen LogP contribution in [0.3, 0.4) is 0 Å². The Balaban J connectivity index is 1.40. The van der Waals surface area contributed by atoms with Crippen molar-refractivity contribution in [3.05, 3.63) is 120 Å². The van der Waals surface area contributed by atoms with Crippen LogP contribution >= 0.6 is 0 Å². The maximum absolute atomic E-state index is 13.3. The zero-order chi connectivity index (χ0) is 33.4. The highest BCUT2D eigenvalue weighted by molar-refractivity contribution is 6.99. The van der Waals surface area contributed by atoms with E-state index >= 15 is 0 Å². The Bertz CT molecular complexity index is 1520. The van der Waals surface area contributed by atoms with Crippen molar-refractivity contribution >= 4 is 18.7 Å². The summed E-state index contributed by atoms with van der Waals surface area (Å²) in [5.41, 5.74) is 3.42. The molecule has 0 spiro atoms. The van der Waals surface area contributed by atoms with Crippen molar-refractivity contribution in [2.45, 2.75) is 71.3 Å². The largest absolute Gasteiger partial charge is 0.494 e. The molecule has 4 aromatic carbocycles. The molecule has 1 fully saturated rings. The van der Waals surface area contributed by atoms with Crippen LogP contribution in [0.5, 0.6) is 11.5 Å². The molecule has 0 aliphatic carbocycles. The maximum atomic E-state index is 13.3. The van der Waals surface area contributed by atoms with Gasteiger partial charge < -0.3 is 23.4 Å². The number of hydrogen-bond donors (Lipinski definition) is 0. The SMILES string of the molecule is CO[C@H]1OCC[C@@H](O[Si](c2ccccc2)(c2ccccc2)C(C)(C)C)[C@@H]1COc1c(C)cc(C)cc1CCCOc1ccc(F)cc1. The van der Waals surface area contributed by atoms with Gasteiger partial charge in [0.1, 0.15) is 17.3 Å². The predicted octanol–water partition coefficient (Wildman–Crippen LogP) is 7.79. The average Bonchev–Trinajstić information content (AvgIpc) is 3.06. The van der Waals surface area contributed by atoms with Crippen LogP contribution in [-0.2, 0) is 20.3 Å². The number of benzene rings is 4. The summed E-state index contributed by atoms with van der Waals surface area (Å²) in [5, 5.41) is 2.34. The molecule has 0 aromatic heterocycles. The summed E-state index contributed by atoms with van der Waals surface area (Å²) in [4.78, 5) is 0. The Morgan fingerprint density at radius 2 is 1.49 bits per heavy atom. The zero-order valence-corrected chi connectivity index (χ0v) is 29.6. The second kappa shape index (κ2) is 15.6. The highest BCUT2D eigenvalue weighted by Crippen LogP contribution is 2.40. The molecule has 5 nitrogen and oxygen atoms in total. The normalized spacial score (nSPS) is 18.6. The fourth-order valence-corrected chi connectivity index (χ4v) is 11.7. The molecule has 0 bridgehead atoms. The smallest absolute Gasteiger partial charge is 0.261 e. The van der Waals surface area contributed by atoms with E-state index in [1.54, 1.807) is 19.2 Å². The van der Waals surface area contributed by atoms with Crippen LogP contribution < -0.4 is 19.8 Å². The van der Waals surface area contributed by atoms with Crippen LogP contribution in [0.1, 0.15) is 50.3 Å². The quantitative estimate of drug-likeness (QED) is 0.109. The molecule has 250 valence electrons. The molecule has 1 aliphatic rings. The number of aryl methyl sites for hydroxylation is 3. The third-order valence-corrected chi connectivity index (χ3v) is 14.1.